The third-order valence-electron chi connectivity index (χ3n) is 4.01. The second-order valence-corrected chi connectivity index (χ2v) is 5.59. The summed E-state index contributed by atoms with van der Waals surface area (Å²) >= 11 is 0. The van der Waals surface area contributed by atoms with E-state index in [0.717, 1.165) is 12.8 Å². The Morgan fingerprint density at radius 3 is 2.06 bits per heavy atom. The molecule has 0 N–H and O–H groups in total. The summed E-state index contributed by atoms with van der Waals surface area (Å²) in [5.74, 6) is 0.379. The predicted octanol–water partition coefficient (Wildman–Crippen LogP) is 1.97. The number of piperidine rings is 1. The Labute approximate surface area is 99.8 Å². The molecule has 1 heterocycles. The molecule has 0 aromatic rings. The summed E-state index contributed by atoms with van der Waals surface area (Å²) in [7, 11) is 4.13. The van der Waals surface area contributed by atoms with E-state index in [1.165, 1.54) is 0 Å². The molecule has 1 fully saturated rings. The topological polar surface area (TPSA) is 23.6 Å². The Balaban J connectivity index is 2.65. The first kappa shape index (κ1) is 13.5. The van der Waals surface area contributed by atoms with Gasteiger partial charge in [-0.3, -0.25) is 4.79 Å². The summed E-state index contributed by atoms with van der Waals surface area (Å²) in [6.07, 6.45) is 2.19. The van der Waals surface area contributed by atoms with E-state index in [-0.39, 0.29) is 11.8 Å². The number of nitrogens with zero attached hydrogens (tertiary/aromatic N) is 2. The molecule has 0 aromatic heterocycles. The SMILES string of the molecule is CC(C)C(=O)N(C)C1CC(C)N(C)C(C)C1. The fraction of sp³-hybridized carbons (Fsp3) is 0.923. The van der Waals surface area contributed by atoms with Crippen LogP contribution < -0.4 is 0 Å². The van der Waals surface area contributed by atoms with Crippen molar-refractivity contribution in [3.8, 4) is 0 Å². The number of rotatable bonds is 2. The highest BCUT2D eigenvalue weighted by atomic mass is 16.2. The fourth-order valence-corrected chi connectivity index (χ4v) is 2.55. The monoisotopic (exact) mass is 226 g/mol. The maximum Gasteiger partial charge on any atom is 0.225 e. The first-order valence-corrected chi connectivity index (χ1v) is 6.33. The Bertz CT molecular complexity index is 240. The summed E-state index contributed by atoms with van der Waals surface area (Å²) in [6, 6.07) is 1.54. The van der Waals surface area contributed by atoms with Gasteiger partial charge < -0.3 is 9.80 Å². The number of carbonyl (C=O) groups excluding carboxylic acids is 1. The highest BCUT2D eigenvalue weighted by Crippen LogP contribution is 2.25. The van der Waals surface area contributed by atoms with Gasteiger partial charge in [-0.05, 0) is 33.7 Å². The average molecular weight is 226 g/mol. The minimum Gasteiger partial charge on any atom is -0.342 e. The van der Waals surface area contributed by atoms with Gasteiger partial charge in [0.1, 0.15) is 0 Å². The van der Waals surface area contributed by atoms with Gasteiger partial charge in [0.25, 0.3) is 0 Å². The summed E-state index contributed by atoms with van der Waals surface area (Å²) in [4.78, 5) is 16.3. The van der Waals surface area contributed by atoms with Crippen molar-refractivity contribution >= 4 is 5.91 Å². The van der Waals surface area contributed by atoms with Crippen molar-refractivity contribution in [2.75, 3.05) is 14.1 Å². The standard InChI is InChI=1S/C13H26N2O/c1-9(2)13(16)15(6)12-7-10(3)14(5)11(4)8-12/h9-12H,7-8H2,1-6H3. The molecule has 94 valence electrons. The van der Waals surface area contributed by atoms with E-state index in [0.29, 0.717) is 18.1 Å². The van der Waals surface area contributed by atoms with E-state index < -0.39 is 0 Å². The van der Waals surface area contributed by atoms with Crippen LogP contribution in [0.4, 0.5) is 0 Å². The van der Waals surface area contributed by atoms with Crippen LogP contribution in [0, 0.1) is 5.92 Å². The second kappa shape index (κ2) is 5.17. The first-order valence-electron chi connectivity index (χ1n) is 6.33. The lowest BCUT2D eigenvalue weighted by molar-refractivity contribution is -0.136. The lowest BCUT2D eigenvalue weighted by Crippen LogP contribution is -2.52. The number of likely N-dealkylation sites (tertiary alicyclic amines) is 1. The van der Waals surface area contributed by atoms with Crippen LogP contribution in [0.2, 0.25) is 0 Å². The zero-order valence-electron chi connectivity index (χ0n) is 11.5. The van der Waals surface area contributed by atoms with Crippen LogP contribution in [0.3, 0.4) is 0 Å². The van der Waals surface area contributed by atoms with Crippen molar-refractivity contribution in [1.29, 1.82) is 0 Å². The van der Waals surface area contributed by atoms with E-state index in [2.05, 4.69) is 25.8 Å². The third kappa shape index (κ3) is 2.76. The van der Waals surface area contributed by atoms with Crippen LogP contribution >= 0.6 is 0 Å². The van der Waals surface area contributed by atoms with Crippen molar-refractivity contribution in [1.82, 2.24) is 9.80 Å². The van der Waals surface area contributed by atoms with Gasteiger partial charge in [0.05, 0.1) is 0 Å². The molecule has 16 heavy (non-hydrogen) atoms. The second-order valence-electron chi connectivity index (χ2n) is 5.59. The smallest absolute Gasteiger partial charge is 0.225 e. The van der Waals surface area contributed by atoms with E-state index in [1.807, 2.05) is 25.8 Å². The van der Waals surface area contributed by atoms with E-state index >= 15 is 0 Å². The zero-order chi connectivity index (χ0) is 12.5. The predicted molar refractivity (Wildman–Crippen MR) is 67.3 cm³/mol. The number of amides is 1. The molecule has 0 saturated carbocycles. The fourth-order valence-electron chi connectivity index (χ4n) is 2.55. The molecule has 1 amide bonds. The van der Waals surface area contributed by atoms with Gasteiger partial charge in [0, 0.05) is 31.1 Å². The van der Waals surface area contributed by atoms with Gasteiger partial charge in [-0.1, -0.05) is 13.8 Å². The van der Waals surface area contributed by atoms with Gasteiger partial charge in [-0.2, -0.15) is 0 Å². The molecular weight excluding hydrogens is 200 g/mol. The molecule has 0 bridgehead atoms. The van der Waals surface area contributed by atoms with Crippen LogP contribution in [0.1, 0.15) is 40.5 Å². The minimum absolute atomic E-state index is 0.107. The number of hydrogen-bond acceptors (Lipinski definition) is 2. The minimum atomic E-state index is 0.107. The zero-order valence-corrected chi connectivity index (χ0v) is 11.5. The molecule has 1 saturated heterocycles. The highest BCUT2D eigenvalue weighted by Gasteiger charge is 2.32. The summed E-state index contributed by atoms with van der Waals surface area (Å²) < 4.78 is 0. The summed E-state index contributed by atoms with van der Waals surface area (Å²) in [5.41, 5.74) is 0. The highest BCUT2D eigenvalue weighted by molar-refractivity contribution is 5.78. The average Bonchev–Trinajstić information content (AvgIpc) is 2.22. The lowest BCUT2D eigenvalue weighted by atomic mass is 9.92. The molecule has 1 aliphatic heterocycles. The quantitative estimate of drug-likeness (QED) is 0.719. The van der Waals surface area contributed by atoms with Crippen LogP contribution in [0.25, 0.3) is 0 Å². The maximum atomic E-state index is 11.9. The van der Waals surface area contributed by atoms with Crippen molar-refractivity contribution in [2.45, 2.75) is 58.7 Å². The summed E-state index contributed by atoms with van der Waals surface area (Å²) in [6.45, 7) is 8.44. The molecule has 3 heteroatoms. The van der Waals surface area contributed by atoms with Crippen LogP contribution in [0.15, 0.2) is 0 Å². The Morgan fingerprint density at radius 1 is 1.25 bits per heavy atom. The summed E-state index contributed by atoms with van der Waals surface area (Å²) in [5, 5.41) is 0. The van der Waals surface area contributed by atoms with Gasteiger partial charge in [-0.15, -0.1) is 0 Å². The maximum absolute atomic E-state index is 11.9. The number of carbonyl (C=O) groups is 1. The molecule has 0 aromatic carbocycles. The molecule has 2 unspecified atom stereocenters. The third-order valence-corrected chi connectivity index (χ3v) is 4.01. The molecule has 0 aliphatic carbocycles. The van der Waals surface area contributed by atoms with E-state index in [9.17, 15) is 4.79 Å². The normalized spacial score (nSPS) is 31.8. The molecule has 1 rings (SSSR count). The van der Waals surface area contributed by atoms with Gasteiger partial charge in [-0.25, -0.2) is 0 Å². The van der Waals surface area contributed by atoms with Crippen molar-refractivity contribution in [3.05, 3.63) is 0 Å². The molecule has 0 radical (unpaired) electrons. The van der Waals surface area contributed by atoms with Crippen molar-refractivity contribution in [3.63, 3.8) is 0 Å². The molecule has 0 spiro atoms. The van der Waals surface area contributed by atoms with Gasteiger partial charge in [0.2, 0.25) is 5.91 Å². The van der Waals surface area contributed by atoms with Gasteiger partial charge >= 0.3 is 0 Å². The number of hydrogen-bond donors (Lipinski definition) is 0. The Hall–Kier alpha value is -0.570. The lowest BCUT2D eigenvalue weighted by Gasteiger charge is -2.43. The Kier molecular flexibility index (Phi) is 4.36. The van der Waals surface area contributed by atoms with E-state index in [1.54, 1.807) is 0 Å². The Morgan fingerprint density at radius 2 is 1.69 bits per heavy atom. The van der Waals surface area contributed by atoms with Crippen LogP contribution in [-0.2, 0) is 4.79 Å². The van der Waals surface area contributed by atoms with Crippen LogP contribution in [0.5, 0.6) is 0 Å². The molecular formula is C13H26N2O. The van der Waals surface area contributed by atoms with Crippen molar-refractivity contribution in [2.24, 2.45) is 5.92 Å². The van der Waals surface area contributed by atoms with Crippen molar-refractivity contribution < 1.29 is 4.79 Å². The molecule has 2 atom stereocenters. The van der Waals surface area contributed by atoms with Gasteiger partial charge in [0.15, 0.2) is 0 Å². The van der Waals surface area contributed by atoms with Crippen LogP contribution in [-0.4, -0.2) is 47.9 Å². The molecule has 1 aliphatic rings. The first-order chi connectivity index (χ1) is 7.34. The molecule has 3 nitrogen and oxygen atoms in total. The largest absolute Gasteiger partial charge is 0.342 e. The van der Waals surface area contributed by atoms with E-state index in [4.69, 9.17) is 0 Å².